The first kappa shape index (κ1) is 20.3. The molecule has 3 aliphatic heterocycles. The van der Waals surface area contributed by atoms with E-state index in [0.717, 1.165) is 50.8 Å². The summed E-state index contributed by atoms with van der Waals surface area (Å²) in [7, 11) is 0. The number of pyridine rings is 1. The summed E-state index contributed by atoms with van der Waals surface area (Å²) in [5.74, 6) is 0.494. The van der Waals surface area contributed by atoms with Gasteiger partial charge in [-0.15, -0.1) is 0 Å². The molecule has 31 heavy (non-hydrogen) atoms. The number of likely N-dealkylation sites (tertiary alicyclic amines) is 2. The van der Waals surface area contributed by atoms with Crippen molar-refractivity contribution in [2.75, 3.05) is 32.7 Å². The zero-order valence-electron chi connectivity index (χ0n) is 17.3. The van der Waals surface area contributed by atoms with Crippen LogP contribution in [0.25, 0.3) is 0 Å². The van der Waals surface area contributed by atoms with Gasteiger partial charge in [0, 0.05) is 50.4 Å². The van der Waals surface area contributed by atoms with E-state index < -0.39 is 6.61 Å². The van der Waals surface area contributed by atoms with Crippen LogP contribution < -0.4 is 15.4 Å². The average molecular weight is 435 g/mol. The maximum Gasteiger partial charge on any atom is 0.388 e. The Morgan fingerprint density at radius 1 is 1.19 bits per heavy atom. The first-order chi connectivity index (χ1) is 14.8. The molecule has 1 aromatic heterocycles. The van der Waals surface area contributed by atoms with Crippen molar-refractivity contribution >= 4 is 12.1 Å². The second-order valence-corrected chi connectivity index (χ2v) is 9.61. The van der Waals surface area contributed by atoms with E-state index in [0.29, 0.717) is 25.6 Å². The van der Waals surface area contributed by atoms with Crippen LogP contribution in [0.5, 0.6) is 5.88 Å². The minimum Gasteiger partial charge on any atom is -0.417 e. The molecule has 1 aliphatic carbocycles. The Kier molecular flexibility index (Phi) is 4.90. The summed E-state index contributed by atoms with van der Waals surface area (Å²) in [6.07, 6.45) is 6.91. The molecular weight excluding hydrogens is 408 g/mol. The lowest BCUT2D eigenvalue weighted by molar-refractivity contribution is -0.0528. The lowest BCUT2D eigenvalue weighted by Gasteiger charge is -2.56. The van der Waals surface area contributed by atoms with Crippen molar-refractivity contribution in [2.45, 2.75) is 44.3 Å². The molecular formula is C21H27F2N5O3. The van der Waals surface area contributed by atoms with Gasteiger partial charge in [0.15, 0.2) is 0 Å². The van der Waals surface area contributed by atoms with Crippen LogP contribution in [-0.4, -0.2) is 71.7 Å². The summed E-state index contributed by atoms with van der Waals surface area (Å²) in [5.41, 5.74) is 1.00. The summed E-state index contributed by atoms with van der Waals surface area (Å²) in [6, 6.07) is 3.23. The summed E-state index contributed by atoms with van der Waals surface area (Å²) in [5, 5.41) is 5.68. The van der Waals surface area contributed by atoms with Crippen LogP contribution in [0, 0.1) is 11.3 Å². The number of halogens is 2. The number of urea groups is 2. The van der Waals surface area contributed by atoms with E-state index in [9.17, 15) is 18.4 Å². The van der Waals surface area contributed by atoms with E-state index in [4.69, 9.17) is 0 Å². The third-order valence-corrected chi connectivity index (χ3v) is 7.24. The smallest absolute Gasteiger partial charge is 0.388 e. The predicted octanol–water partition coefficient (Wildman–Crippen LogP) is 2.20. The SMILES string of the molecule is O=C1NCC2(CN(C(=O)N3CC4(CCC(Cc5ccc(OC(F)F)nc5)CC4)C3)C2)N1. The molecule has 5 rings (SSSR count). The fraction of sp³-hybridized carbons (Fsp3) is 0.667. The topological polar surface area (TPSA) is 86.8 Å². The molecule has 8 nitrogen and oxygen atoms in total. The van der Waals surface area contributed by atoms with Gasteiger partial charge in [0.05, 0.1) is 5.54 Å². The van der Waals surface area contributed by atoms with Gasteiger partial charge in [-0.1, -0.05) is 6.07 Å². The Balaban J connectivity index is 1.05. The number of carbonyl (C=O) groups excluding carboxylic acids is 2. The number of alkyl halides is 2. The number of carbonyl (C=O) groups is 2. The lowest BCUT2D eigenvalue weighted by atomic mass is 9.65. The van der Waals surface area contributed by atoms with Gasteiger partial charge >= 0.3 is 18.7 Å². The highest BCUT2D eigenvalue weighted by Crippen LogP contribution is 2.47. The van der Waals surface area contributed by atoms with Crippen LogP contribution in [0.1, 0.15) is 31.2 Å². The number of aromatic nitrogens is 1. The van der Waals surface area contributed by atoms with E-state index in [1.165, 1.54) is 6.07 Å². The molecule has 3 saturated heterocycles. The monoisotopic (exact) mass is 435 g/mol. The molecule has 1 aromatic rings. The van der Waals surface area contributed by atoms with Gasteiger partial charge in [-0.3, -0.25) is 0 Å². The zero-order chi connectivity index (χ0) is 21.6. The van der Waals surface area contributed by atoms with Crippen molar-refractivity contribution in [3.05, 3.63) is 23.9 Å². The highest BCUT2D eigenvalue weighted by atomic mass is 19.3. The molecule has 0 radical (unpaired) electrons. The van der Waals surface area contributed by atoms with E-state index in [1.807, 2.05) is 9.80 Å². The Bertz CT molecular complexity index is 843. The molecule has 1 saturated carbocycles. The third-order valence-electron chi connectivity index (χ3n) is 7.24. The maximum atomic E-state index is 12.7. The minimum atomic E-state index is -2.86. The second-order valence-electron chi connectivity index (χ2n) is 9.61. The molecule has 0 unspecified atom stereocenters. The van der Waals surface area contributed by atoms with Crippen molar-refractivity contribution in [1.82, 2.24) is 25.4 Å². The summed E-state index contributed by atoms with van der Waals surface area (Å²) in [6.45, 7) is 0.501. The highest BCUT2D eigenvalue weighted by molar-refractivity contribution is 5.81. The number of ether oxygens (including phenoxy) is 1. The highest BCUT2D eigenvalue weighted by Gasteiger charge is 2.53. The Morgan fingerprint density at radius 3 is 2.48 bits per heavy atom. The average Bonchev–Trinajstić information content (AvgIpc) is 3.09. The molecule has 10 heteroatoms. The number of nitrogens with zero attached hydrogens (tertiary/aromatic N) is 3. The van der Waals surface area contributed by atoms with Crippen molar-refractivity contribution < 1.29 is 23.1 Å². The quantitative estimate of drug-likeness (QED) is 0.759. The zero-order valence-corrected chi connectivity index (χ0v) is 17.3. The van der Waals surface area contributed by atoms with E-state index in [2.05, 4.69) is 20.4 Å². The van der Waals surface area contributed by atoms with Crippen molar-refractivity contribution in [1.29, 1.82) is 0 Å². The van der Waals surface area contributed by atoms with Crippen LogP contribution in [-0.2, 0) is 6.42 Å². The number of amides is 4. The third kappa shape index (κ3) is 3.99. The van der Waals surface area contributed by atoms with E-state index >= 15 is 0 Å². The van der Waals surface area contributed by atoms with Gasteiger partial charge < -0.3 is 25.2 Å². The van der Waals surface area contributed by atoms with Crippen LogP contribution in [0.3, 0.4) is 0 Å². The van der Waals surface area contributed by atoms with Gasteiger partial charge in [-0.25, -0.2) is 14.6 Å². The molecule has 4 amide bonds. The summed E-state index contributed by atoms with van der Waals surface area (Å²) < 4.78 is 28.8. The predicted molar refractivity (Wildman–Crippen MR) is 107 cm³/mol. The Labute approximate surface area is 179 Å². The molecule has 2 N–H and O–H groups in total. The van der Waals surface area contributed by atoms with Gasteiger partial charge in [-0.2, -0.15) is 8.78 Å². The van der Waals surface area contributed by atoms with E-state index in [1.54, 1.807) is 12.3 Å². The molecule has 2 spiro atoms. The van der Waals surface area contributed by atoms with Crippen LogP contribution >= 0.6 is 0 Å². The van der Waals surface area contributed by atoms with Gasteiger partial charge in [0.25, 0.3) is 0 Å². The first-order valence-corrected chi connectivity index (χ1v) is 10.8. The van der Waals surface area contributed by atoms with Crippen LogP contribution in [0.4, 0.5) is 18.4 Å². The Morgan fingerprint density at radius 2 is 1.90 bits per heavy atom. The molecule has 4 fully saturated rings. The number of hydrogen-bond acceptors (Lipinski definition) is 4. The van der Waals surface area contributed by atoms with Gasteiger partial charge in [0.2, 0.25) is 5.88 Å². The Hall–Kier alpha value is -2.65. The minimum absolute atomic E-state index is 0.0553. The maximum absolute atomic E-state index is 12.7. The fourth-order valence-corrected chi connectivity index (χ4v) is 5.52. The van der Waals surface area contributed by atoms with Crippen LogP contribution in [0.15, 0.2) is 18.3 Å². The fourth-order valence-electron chi connectivity index (χ4n) is 5.52. The molecule has 4 aliphatic rings. The summed E-state index contributed by atoms with van der Waals surface area (Å²) in [4.78, 5) is 31.8. The number of rotatable bonds is 4. The van der Waals surface area contributed by atoms with Crippen LogP contribution in [0.2, 0.25) is 0 Å². The van der Waals surface area contributed by atoms with Crippen molar-refractivity contribution in [2.24, 2.45) is 11.3 Å². The van der Waals surface area contributed by atoms with Crippen molar-refractivity contribution in [3.63, 3.8) is 0 Å². The number of hydrogen-bond donors (Lipinski definition) is 2. The standard InChI is InChI=1S/C21H27F2N5O3/c22-17(23)31-16-2-1-15(8-24-16)7-14-3-5-20(6-4-14)10-27(11-20)19(30)28-12-21(13-28)9-25-18(29)26-21/h1-2,8,14,17H,3-7,9-13H2,(H2,25,26,29). The van der Waals surface area contributed by atoms with Gasteiger partial charge in [0.1, 0.15) is 0 Å². The molecule has 168 valence electrons. The van der Waals surface area contributed by atoms with Gasteiger partial charge in [-0.05, 0) is 43.6 Å². The number of nitrogens with one attached hydrogen (secondary N) is 2. The second kappa shape index (κ2) is 7.49. The van der Waals surface area contributed by atoms with E-state index in [-0.39, 0.29) is 28.9 Å². The first-order valence-electron chi connectivity index (χ1n) is 10.8. The molecule has 0 atom stereocenters. The molecule has 4 heterocycles. The van der Waals surface area contributed by atoms with Crippen molar-refractivity contribution in [3.8, 4) is 5.88 Å². The normalized spacial score (nSPS) is 24.0. The largest absolute Gasteiger partial charge is 0.417 e. The molecule has 0 aromatic carbocycles. The lowest BCUT2D eigenvalue weighted by Crippen LogP contribution is -2.73. The molecule has 0 bridgehead atoms. The summed E-state index contributed by atoms with van der Waals surface area (Å²) >= 11 is 0.